The number of nitrogens with one attached hydrogen (secondary N) is 3. The molecule has 0 aromatic heterocycles. The number of halogens is 3. The van der Waals surface area contributed by atoms with E-state index < -0.39 is 9.96 Å². The van der Waals surface area contributed by atoms with Crippen LogP contribution in [0.2, 0.25) is 0 Å². The van der Waals surface area contributed by atoms with E-state index in [0.29, 0.717) is 5.69 Å². The molecule has 0 aliphatic heterocycles. The van der Waals surface area contributed by atoms with Crippen LogP contribution in [0.1, 0.15) is 16.7 Å². The van der Waals surface area contributed by atoms with E-state index in [-0.39, 0.29) is 17.4 Å². The zero-order chi connectivity index (χ0) is 25.4. The van der Waals surface area contributed by atoms with Crippen LogP contribution in [0.15, 0.2) is 83.0 Å². The smallest absolute Gasteiger partial charge is 0.228 e. The summed E-state index contributed by atoms with van der Waals surface area (Å²) >= 11 is 23.6. The summed E-state index contributed by atoms with van der Waals surface area (Å²) in [6, 6.07) is 22.5. The van der Waals surface area contributed by atoms with Crippen LogP contribution in [0.25, 0.3) is 0 Å². The van der Waals surface area contributed by atoms with Crippen molar-refractivity contribution >= 4 is 75.1 Å². The molecular formula is C25H24Cl3N5OS. The Bertz CT molecular complexity index is 1220. The normalized spacial score (nSPS) is 12.3. The maximum atomic E-state index is 12.5. The van der Waals surface area contributed by atoms with Gasteiger partial charge in [-0.15, -0.1) is 0 Å². The van der Waals surface area contributed by atoms with Gasteiger partial charge in [-0.05, 0) is 67.0 Å². The van der Waals surface area contributed by atoms with Crippen molar-refractivity contribution in [3.05, 3.63) is 89.5 Å². The maximum absolute atomic E-state index is 12.5. The fraction of sp³-hybridized carbons (Fsp3) is 0.200. The SMILES string of the molecule is Cc1ccccc1N=Nc1ccc(NC(=S)N[C@H](NC(=O)Cc2ccccc2)C(Cl)(Cl)Cl)c(C)c1. The van der Waals surface area contributed by atoms with Gasteiger partial charge in [0.05, 0.1) is 17.8 Å². The molecule has 0 unspecified atom stereocenters. The fourth-order valence-corrected chi connectivity index (χ4v) is 3.68. The summed E-state index contributed by atoms with van der Waals surface area (Å²) in [5.41, 5.74) is 5.00. The highest BCUT2D eigenvalue weighted by Gasteiger charge is 2.34. The first-order chi connectivity index (χ1) is 16.6. The third-order valence-corrected chi connectivity index (χ3v) is 5.84. The number of carbonyl (C=O) groups excluding carboxylic acids is 1. The zero-order valence-corrected chi connectivity index (χ0v) is 22.1. The van der Waals surface area contributed by atoms with Crippen LogP contribution in [0.5, 0.6) is 0 Å². The first kappa shape index (κ1) is 26.9. The predicted octanol–water partition coefficient (Wildman–Crippen LogP) is 7.06. The van der Waals surface area contributed by atoms with Crippen molar-refractivity contribution in [1.29, 1.82) is 0 Å². The minimum Gasteiger partial charge on any atom is -0.339 e. The summed E-state index contributed by atoms with van der Waals surface area (Å²) in [4.78, 5) is 12.5. The van der Waals surface area contributed by atoms with E-state index in [2.05, 4.69) is 26.2 Å². The van der Waals surface area contributed by atoms with E-state index in [1.165, 1.54) is 0 Å². The molecule has 3 N–H and O–H groups in total. The Morgan fingerprint density at radius 1 is 0.914 bits per heavy atom. The molecular weight excluding hydrogens is 525 g/mol. The van der Waals surface area contributed by atoms with E-state index in [4.69, 9.17) is 47.0 Å². The lowest BCUT2D eigenvalue weighted by molar-refractivity contribution is -0.121. The first-order valence-corrected chi connectivity index (χ1v) is 12.2. The Morgan fingerprint density at radius 2 is 1.60 bits per heavy atom. The molecule has 0 radical (unpaired) electrons. The standard InChI is InChI=1S/C25H24Cl3N5OS/c1-16-8-6-7-11-21(16)33-32-19-12-13-20(17(2)14-19)29-24(35)31-23(25(26,27)28)30-22(34)15-18-9-4-3-5-10-18/h3-14,23H,15H2,1-2H3,(H,30,34)(H2,29,31,35)/t23-/m0/s1. The lowest BCUT2D eigenvalue weighted by Gasteiger charge is -2.28. The summed E-state index contributed by atoms with van der Waals surface area (Å²) in [5, 5.41) is 17.4. The Balaban J connectivity index is 1.62. The second-order valence-corrected chi connectivity index (χ2v) is 10.6. The number of thiocarbonyl (C=S) groups is 1. The van der Waals surface area contributed by atoms with Crippen LogP contribution in [0.4, 0.5) is 17.1 Å². The van der Waals surface area contributed by atoms with Crippen molar-refractivity contribution in [1.82, 2.24) is 10.6 Å². The van der Waals surface area contributed by atoms with Gasteiger partial charge in [-0.1, -0.05) is 83.3 Å². The average molecular weight is 549 g/mol. The number of azo groups is 1. The van der Waals surface area contributed by atoms with Gasteiger partial charge in [0.25, 0.3) is 0 Å². The van der Waals surface area contributed by atoms with Gasteiger partial charge in [-0.2, -0.15) is 10.2 Å². The second-order valence-electron chi connectivity index (χ2n) is 7.79. The number of rotatable bonds is 7. The van der Waals surface area contributed by atoms with Crippen molar-refractivity contribution in [2.75, 3.05) is 5.32 Å². The third-order valence-electron chi connectivity index (χ3n) is 4.96. The van der Waals surface area contributed by atoms with Gasteiger partial charge in [0, 0.05) is 5.69 Å². The lowest BCUT2D eigenvalue weighted by atomic mass is 10.1. The van der Waals surface area contributed by atoms with Crippen LogP contribution in [-0.2, 0) is 11.2 Å². The van der Waals surface area contributed by atoms with Gasteiger partial charge in [0.2, 0.25) is 9.70 Å². The predicted molar refractivity (Wildman–Crippen MR) is 148 cm³/mol. The lowest BCUT2D eigenvalue weighted by Crippen LogP contribution is -2.56. The number of anilines is 1. The van der Waals surface area contributed by atoms with Crippen LogP contribution in [0, 0.1) is 13.8 Å². The molecule has 3 aromatic rings. The van der Waals surface area contributed by atoms with Crippen LogP contribution in [-0.4, -0.2) is 21.0 Å². The topological polar surface area (TPSA) is 77.9 Å². The molecule has 1 amide bonds. The maximum Gasteiger partial charge on any atom is 0.228 e. The molecule has 35 heavy (non-hydrogen) atoms. The van der Waals surface area contributed by atoms with E-state index in [9.17, 15) is 4.79 Å². The van der Waals surface area contributed by atoms with Gasteiger partial charge < -0.3 is 16.0 Å². The molecule has 0 spiro atoms. The van der Waals surface area contributed by atoms with E-state index >= 15 is 0 Å². The van der Waals surface area contributed by atoms with E-state index in [1.807, 2.05) is 86.6 Å². The van der Waals surface area contributed by atoms with Gasteiger partial charge in [-0.3, -0.25) is 4.79 Å². The number of aryl methyl sites for hydroxylation is 2. The Kier molecular flexibility index (Phi) is 9.46. The summed E-state index contributed by atoms with van der Waals surface area (Å²) in [6.45, 7) is 3.89. The molecule has 0 aliphatic rings. The second kappa shape index (κ2) is 12.3. The number of carbonyl (C=O) groups is 1. The number of amides is 1. The molecule has 0 bridgehead atoms. The van der Waals surface area contributed by atoms with E-state index in [1.54, 1.807) is 0 Å². The van der Waals surface area contributed by atoms with Crippen LogP contribution < -0.4 is 16.0 Å². The van der Waals surface area contributed by atoms with Crippen molar-refractivity contribution in [2.45, 2.75) is 30.2 Å². The molecule has 0 fully saturated rings. The van der Waals surface area contributed by atoms with Crippen molar-refractivity contribution in [3.63, 3.8) is 0 Å². The molecule has 0 saturated heterocycles. The molecule has 6 nitrogen and oxygen atoms in total. The fourth-order valence-electron chi connectivity index (χ4n) is 3.12. The van der Waals surface area contributed by atoms with Gasteiger partial charge in [0.15, 0.2) is 5.11 Å². The highest BCUT2D eigenvalue weighted by molar-refractivity contribution is 7.80. The summed E-state index contributed by atoms with van der Waals surface area (Å²) in [6.07, 6.45) is -0.913. The number of hydrogen-bond donors (Lipinski definition) is 3. The molecule has 0 aliphatic carbocycles. The van der Waals surface area contributed by atoms with Crippen LogP contribution >= 0.6 is 47.0 Å². The van der Waals surface area contributed by atoms with Gasteiger partial charge in [0.1, 0.15) is 6.17 Å². The molecule has 0 saturated carbocycles. The molecule has 0 heterocycles. The van der Waals surface area contributed by atoms with Gasteiger partial charge in [-0.25, -0.2) is 0 Å². The van der Waals surface area contributed by atoms with Gasteiger partial charge >= 0.3 is 0 Å². The molecule has 10 heteroatoms. The third kappa shape index (κ3) is 8.47. The van der Waals surface area contributed by atoms with Crippen molar-refractivity contribution in [2.24, 2.45) is 10.2 Å². The number of nitrogens with zero attached hydrogens (tertiary/aromatic N) is 2. The van der Waals surface area contributed by atoms with Crippen molar-refractivity contribution in [3.8, 4) is 0 Å². The Morgan fingerprint density at radius 3 is 2.26 bits per heavy atom. The van der Waals surface area contributed by atoms with Crippen molar-refractivity contribution < 1.29 is 4.79 Å². The highest BCUT2D eigenvalue weighted by Crippen LogP contribution is 2.30. The largest absolute Gasteiger partial charge is 0.339 e. The quantitative estimate of drug-likeness (QED) is 0.128. The Labute approximate surface area is 225 Å². The van der Waals surface area contributed by atoms with Crippen LogP contribution in [0.3, 0.4) is 0 Å². The number of hydrogen-bond acceptors (Lipinski definition) is 4. The molecule has 3 aromatic carbocycles. The molecule has 182 valence electrons. The highest BCUT2D eigenvalue weighted by atomic mass is 35.6. The minimum atomic E-state index is -1.84. The molecule has 3 rings (SSSR count). The Hall–Kier alpha value is -2.71. The minimum absolute atomic E-state index is 0.136. The van der Waals surface area contributed by atoms with E-state index in [0.717, 1.165) is 28.1 Å². The zero-order valence-electron chi connectivity index (χ0n) is 19.1. The average Bonchev–Trinajstić information content (AvgIpc) is 2.80. The summed E-state index contributed by atoms with van der Waals surface area (Å²) in [5.74, 6) is -0.317. The number of benzene rings is 3. The monoisotopic (exact) mass is 547 g/mol. The summed E-state index contributed by atoms with van der Waals surface area (Å²) in [7, 11) is 0. The first-order valence-electron chi connectivity index (χ1n) is 10.7. The number of alkyl halides is 3. The molecule has 1 atom stereocenters. The summed E-state index contributed by atoms with van der Waals surface area (Å²) < 4.78 is -1.84.